The summed E-state index contributed by atoms with van der Waals surface area (Å²) in [5, 5.41) is 23.5. The second-order valence-corrected chi connectivity index (χ2v) is 13.8. The summed E-state index contributed by atoms with van der Waals surface area (Å²) in [6.07, 6.45) is 54.4. The number of hydrogen-bond donors (Lipinski definition) is 3. The van der Waals surface area contributed by atoms with Gasteiger partial charge in [0.15, 0.2) is 0 Å². The van der Waals surface area contributed by atoms with E-state index in [0.29, 0.717) is 19.3 Å². The van der Waals surface area contributed by atoms with Crippen molar-refractivity contribution >= 4 is 11.9 Å². The van der Waals surface area contributed by atoms with E-state index in [1.807, 2.05) is 85.1 Å². The molecule has 0 spiro atoms. The number of rotatable bonds is 35. The summed E-state index contributed by atoms with van der Waals surface area (Å²) in [5.74, 6) is -0.620. The SMILES string of the molecule is CC/C=C/C=C/C=C\C=C/C=C/CCCC(=O)OC(CCCCC\C=C/C=C/C=C/C=C/CC)CC(=O)NC(CO)C(O)CCCCCCCCCCC. The van der Waals surface area contributed by atoms with Gasteiger partial charge in [0, 0.05) is 6.42 Å². The van der Waals surface area contributed by atoms with Crippen LogP contribution in [0.4, 0.5) is 0 Å². The van der Waals surface area contributed by atoms with Gasteiger partial charge in [0.05, 0.1) is 25.2 Å². The molecule has 6 nitrogen and oxygen atoms in total. The highest BCUT2D eigenvalue weighted by molar-refractivity contribution is 5.77. The van der Waals surface area contributed by atoms with Gasteiger partial charge in [0.25, 0.3) is 0 Å². The van der Waals surface area contributed by atoms with Crippen molar-refractivity contribution in [2.24, 2.45) is 0 Å². The van der Waals surface area contributed by atoms with E-state index in [0.717, 1.165) is 64.2 Å². The van der Waals surface area contributed by atoms with Crippen molar-refractivity contribution in [3.05, 3.63) is 109 Å². The van der Waals surface area contributed by atoms with Crippen LogP contribution in [0.15, 0.2) is 109 Å². The Morgan fingerprint density at radius 2 is 1.00 bits per heavy atom. The Morgan fingerprint density at radius 1 is 0.556 bits per heavy atom. The molecular formula is C48H77NO5. The van der Waals surface area contributed by atoms with Crippen LogP contribution in [0.2, 0.25) is 0 Å². The van der Waals surface area contributed by atoms with Crippen LogP contribution in [0.5, 0.6) is 0 Å². The largest absolute Gasteiger partial charge is 0.462 e. The van der Waals surface area contributed by atoms with Crippen LogP contribution in [0.1, 0.15) is 156 Å². The van der Waals surface area contributed by atoms with Gasteiger partial charge in [0.2, 0.25) is 5.91 Å². The molecule has 6 heteroatoms. The standard InChI is InChI=1S/C48H77NO5/c1-4-7-10-13-16-19-21-23-25-28-30-33-36-39-44(54-48(53)41-38-35-32-29-26-24-22-20-17-14-11-8-5-2)42-47(52)49-45(43-50)46(51)40-37-34-31-27-18-15-12-9-6-3/h7-8,10-11,13-14,16-17,19-26,29,32,44-46,50-51H,4-6,9,12,15,18,27-28,30-31,33-43H2,1-3H3,(H,49,52)/b10-7+,11-8+,16-13+,17-14+,21-19+,22-20-,25-23-,26-24-,32-29+. The minimum atomic E-state index is -0.815. The van der Waals surface area contributed by atoms with E-state index in [9.17, 15) is 19.8 Å². The predicted molar refractivity (Wildman–Crippen MR) is 231 cm³/mol. The van der Waals surface area contributed by atoms with Gasteiger partial charge in [-0.25, -0.2) is 0 Å². The third kappa shape index (κ3) is 35.5. The number of aliphatic hydroxyl groups is 2. The number of carbonyl (C=O) groups is 2. The topological polar surface area (TPSA) is 95.9 Å². The highest BCUT2D eigenvalue weighted by atomic mass is 16.5. The van der Waals surface area contributed by atoms with E-state index in [1.165, 1.54) is 38.5 Å². The molecule has 3 N–H and O–H groups in total. The molecular weight excluding hydrogens is 671 g/mol. The van der Waals surface area contributed by atoms with Gasteiger partial charge in [-0.15, -0.1) is 0 Å². The van der Waals surface area contributed by atoms with E-state index < -0.39 is 18.2 Å². The number of unbranched alkanes of at least 4 members (excludes halogenated alkanes) is 12. The van der Waals surface area contributed by atoms with Crippen LogP contribution >= 0.6 is 0 Å². The molecule has 3 atom stereocenters. The van der Waals surface area contributed by atoms with Gasteiger partial charge >= 0.3 is 5.97 Å². The smallest absolute Gasteiger partial charge is 0.306 e. The van der Waals surface area contributed by atoms with Crippen LogP contribution in [0, 0.1) is 0 Å². The summed E-state index contributed by atoms with van der Waals surface area (Å²) < 4.78 is 5.83. The first-order valence-corrected chi connectivity index (χ1v) is 21.2. The molecule has 0 radical (unpaired) electrons. The molecule has 1 amide bonds. The van der Waals surface area contributed by atoms with Crippen molar-refractivity contribution < 1.29 is 24.5 Å². The Labute approximate surface area is 330 Å². The second kappa shape index (κ2) is 40.7. The Hall–Kier alpha value is -3.48. The molecule has 304 valence electrons. The molecule has 0 aliphatic heterocycles. The predicted octanol–water partition coefficient (Wildman–Crippen LogP) is 12.0. The lowest BCUT2D eigenvalue weighted by Gasteiger charge is -2.24. The van der Waals surface area contributed by atoms with Crippen LogP contribution in [-0.2, 0) is 14.3 Å². The lowest BCUT2D eigenvalue weighted by atomic mass is 10.0. The number of amides is 1. The summed E-state index contributed by atoms with van der Waals surface area (Å²) >= 11 is 0. The fourth-order valence-corrected chi connectivity index (χ4v) is 5.64. The molecule has 0 saturated heterocycles. The summed E-state index contributed by atoms with van der Waals surface area (Å²) in [7, 11) is 0. The minimum absolute atomic E-state index is 0.0148. The molecule has 0 fully saturated rings. The van der Waals surface area contributed by atoms with Crippen LogP contribution < -0.4 is 5.32 Å². The molecule has 0 aromatic rings. The first kappa shape index (κ1) is 50.5. The second-order valence-electron chi connectivity index (χ2n) is 13.8. The third-order valence-electron chi connectivity index (χ3n) is 8.82. The zero-order chi connectivity index (χ0) is 39.6. The van der Waals surface area contributed by atoms with Crippen LogP contribution in [0.25, 0.3) is 0 Å². The number of allylic oxidation sites excluding steroid dienone is 18. The van der Waals surface area contributed by atoms with Crippen molar-refractivity contribution in [1.29, 1.82) is 0 Å². The first-order chi connectivity index (χ1) is 26.5. The summed E-state index contributed by atoms with van der Waals surface area (Å²) in [6.45, 7) is 6.11. The van der Waals surface area contributed by atoms with Crippen molar-refractivity contribution in [1.82, 2.24) is 5.32 Å². The van der Waals surface area contributed by atoms with E-state index in [4.69, 9.17) is 4.74 Å². The Morgan fingerprint density at radius 3 is 1.52 bits per heavy atom. The molecule has 0 aliphatic rings. The number of carbonyl (C=O) groups excluding carboxylic acids is 2. The molecule has 0 saturated carbocycles. The Bertz CT molecular complexity index is 1160. The number of aliphatic hydroxyl groups excluding tert-OH is 2. The summed E-state index contributed by atoms with van der Waals surface area (Å²) in [4.78, 5) is 25.9. The Kier molecular flexibility index (Phi) is 38.1. The fraction of sp³-hybridized carbons (Fsp3) is 0.583. The maximum Gasteiger partial charge on any atom is 0.306 e. The van der Waals surface area contributed by atoms with E-state index >= 15 is 0 Å². The normalized spacial score (nSPS) is 14.5. The maximum atomic E-state index is 13.1. The minimum Gasteiger partial charge on any atom is -0.462 e. The zero-order valence-electron chi connectivity index (χ0n) is 34.3. The number of esters is 1. The molecule has 54 heavy (non-hydrogen) atoms. The monoisotopic (exact) mass is 748 g/mol. The van der Waals surface area contributed by atoms with Gasteiger partial charge < -0.3 is 20.3 Å². The first-order valence-electron chi connectivity index (χ1n) is 21.2. The van der Waals surface area contributed by atoms with Crippen molar-refractivity contribution in [3.63, 3.8) is 0 Å². The Balaban J connectivity index is 4.87. The zero-order valence-corrected chi connectivity index (χ0v) is 34.3. The van der Waals surface area contributed by atoms with Crippen LogP contribution in [0.3, 0.4) is 0 Å². The lowest BCUT2D eigenvalue weighted by Crippen LogP contribution is -2.46. The quantitative estimate of drug-likeness (QED) is 0.0341. The highest BCUT2D eigenvalue weighted by Crippen LogP contribution is 2.16. The third-order valence-corrected chi connectivity index (χ3v) is 8.82. The summed E-state index contributed by atoms with van der Waals surface area (Å²) in [6, 6.07) is -0.734. The van der Waals surface area contributed by atoms with Crippen molar-refractivity contribution in [2.75, 3.05) is 6.61 Å². The van der Waals surface area contributed by atoms with E-state index in [-0.39, 0.29) is 31.3 Å². The molecule has 0 heterocycles. The van der Waals surface area contributed by atoms with Crippen molar-refractivity contribution in [3.8, 4) is 0 Å². The number of nitrogens with one attached hydrogen (secondary N) is 1. The molecule has 0 aromatic carbocycles. The molecule has 0 rings (SSSR count). The van der Waals surface area contributed by atoms with E-state index in [2.05, 4.69) is 50.4 Å². The molecule has 0 bridgehead atoms. The highest BCUT2D eigenvalue weighted by Gasteiger charge is 2.24. The number of hydrogen-bond acceptors (Lipinski definition) is 5. The van der Waals surface area contributed by atoms with Gasteiger partial charge in [-0.3, -0.25) is 9.59 Å². The number of ether oxygens (including phenoxy) is 1. The van der Waals surface area contributed by atoms with Gasteiger partial charge in [-0.05, 0) is 57.8 Å². The van der Waals surface area contributed by atoms with Gasteiger partial charge in [-0.1, -0.05) is 194 Å². The molecule has 0 aromatic heterocycles. The average Bonchev–Trinajstić information content (AvgIpc) is 3.16. The molecule has 3 unspecified atom stereocenters. The summed E-state index contributed by atoms with van der Waals surface area (Å²) in [5.41, 5.74) is 0. The van der Waals surface area contributed by atoms with E-state index in [1.54, 1.807) is 0 Å². The molecule has 0 aliphatic carbocycles. The fourth-order valence-electron chi connectivity index (χ4n) is 5.64. The van der Waals surface area contributed by atoms with Crippen LogP contribution in [-0.4, -0.2) is 46.9 Å². The average molecular weight is 748 g/mol. The maximum absolute atomic E-state index is 13.1. The lowest BCUT2D eigenvalue weighted by molar-refractivity contribution is -0.151. The van der Waals surface area contributed by atoms with Gasteiger partial charge in [-0.2, -0.15) is 0 Å². The van der Waals surface area contributed by atoms with Gasteiger partial charge in [0.1, 0.15) is 6.10 Å². The van der Waals surface area contributed by atoms with Crippen molar-refractivity contribution in [2.45, 2.75) is 174 Å².